The first kappa shape index (κ1) is 6.55. The molecular weight excluding hydrogens is 116 g/mol. The van der Waals surface area contributed by atoms with Gasteiger partial charge in [0.25, 0.3) is 0 Å². The highest BCUT2D eigenvalue weighted by Crippen LogP contribution is 2.31. The van der Waals surface area contributed by atoms with Crippen molar-refractivity contribution in [1.29, 1.82) is 0 Å². The third-order valence-corrected chi connectivity index (χ3v) is 1.97. The van der Waals surface area contributed by atoms with E-state index in [1.807, 2.05) is 0 Å². The van der Waals surface area contributed by atoms with Crippen LogP contribution in [0, 0.1) is 11.8 Å². The first-order valence-corrected chi connectivity index (χ1v) is 3.23. The molecule has 4 N–H and O–H groups in total. The van der Waals surface area contributed by atoms with Crippen molar-refractivity contribution in [3.63, 3.8) is 0 Å². The summed E-state index contributed by atoms with van der Waals surface area (Å²) in [6.07, 6.45) is 1.82. The molecule has 0 aromatic rings. The van der Waals surface area contributed by atoms with Gasteiger partial charge in [0.1, 0.15) is 0 Å². The lowest BCUT2D eigenvalue weighted by Crippen LogP contribution is -2.38. The first-order chi connectivity index (χ1) is 4.24. The monoisotopic (exact) mass is 128 g/mol. The summed E-state index contributed by atoms with van der Waals surface area (Å²) in [6.45, 7) is 0.698. The van der Waals surface area contributed by atoms with Crippen LogP contribution >= 0.6 is 0 Å². The number of amides is 1. The van der Waals surface area contributed by atoms with E-state index in [0.29, 0.717) is 12.5 Å². The number of nitrogens with two attached hydrogens (primary N) is 2. The number of rotatable bonds is 2. The first-order valence-electron chi connectivity index (χ1n) is 3.23. The Hall–Kier alpha value is -0.570. The molecule has 1 aliphatic carbocycles. The summed E-state index contributed by atoms with van der Waals surface area (Å²) in [5.41, 5.74) is 10.4. The van der Waals surface area contributed by atoms with Gasteiger partial charge in [0.05, 0.1) is 0 Å². The lowest BCUT2D eigenvalue weighted by Gasteiger charge is -2.31. The van der Waals surface area contributed by atoms with Crippen molar-refractivity contribution >= 4 is 5.91 Å². The SMILES string of the molecule is NCC1CC(C(N)=O)C1. The minimum Gasteiger partial charge on any atom is -0.369 e. The van der Waals surface area contributed by atoms with Crippen LogP contribution in [0.2, 0.25) is 0 Å². The smallest absolute Gasteiger partial charge is 0.220 e. The third-order valence-electron chi connectivity index (χ3n) is 1.97. The van der Waals surface area contributed by atoms with Crippen LogP contribution in [0.3, 0.4) is 0 Å². The maximum absolute atomic E-state index is 10.4. The molecule has 0 atom stereocenters. The second-order valence-corrected chi connectivity index (χ2v) is 2.67. The van der Waals surface area contributed by atoms with Crippen molar-refractivity contribution in [3.8, 4) is 0 Å². The molecule has 1 saturated carbocycles. The lowest BCUT2D eigenvalue weighted by molar-refractivity contribution is -0.125. The van der Waals surface area contributed by atoms with Gasteiger partial charge in [-0.3, -0.25) is 4.79 Å². The minimum atomic E-state index is -0.167. The van der Waals surface area contributed by atoms with Gasteiger partial charge in [0.15, 0.2) is 0 Å². The Labute approximate surface area is 54.4 Å². The van der Waals surface area contributed by atoms with Gasteiger partial charge in [0, 0.05) is 5.92 Å². The van der Waals surface area contributed by atoms with E-state index in [0.717, 1.165) is 12.8 Å². The topological polar surface area (TPSA) is 69.1 Å². The molecule has 3 heteroatoms. The Balaban J connectivity index is 2.19. The molecule has 1 aliphatic rings. The number of hydrogen-bond acceptors (Lipinski definition) is 2. The van der Waals surface area contributed by atoms with Gasteiger partial charge >= 0.3 is 0 Å². The Morgan fingerprint density at radius 3 is 2.44 bits per heavy atom. The van der Waals surface area contributed by atoms with Crippen molar-refractivity contribution in [2.75, 3.05) is 6.54 Å². The van der Waals surface area contributed by atoms with Crippen molar-refractivity contribution in [1.82, 2.24) is 0 Å². The summed E-state index contributed by atoms with van der Waals surface area (Å²) >= 11 is 0. The summed E-state index contributed by atoms with van der Waals surface area (Å²) in [5, 5.41) is 0. The maximum atomic E-state index is 10.4. The summed E-state index contributed by atoms with van der Waals surface area (Å²) in [5.74, 6) is 0.515. The molecule has 0 aliphatic heterocycles. The van der Waals surface area contributed by atoms with Gasteiger partial charge in [-0.15, -0.1) is 0 Å². The highest BCUT2D eigenvalue weighted by molar-refractivity contribution is 5.77. The zero-order chi connectivity index (χ0) is 6.85. The molecule has 52 valence electrons. The van der Waals surface area contributed by atoms with E-state index in [9.17, 15) is 4.79 Å². The zero-order valence-electron chi connectivity index (χ0n) is 5.34. The van der Waals surface area contributed by atoms with Crippen LogP contribution in [-0.4, -0.2) is 12.5 Å². The average Bonchev–Trinajstić information content (AvgIpc) is 1.61. The highest BCUT2D eigenvalue weighted by atomic mass is 16.1. The summed E-state index contributed by atoms with van der Waals surface area (Å²) < 4.78 is 0. The molecule has 0 aromatic carbocycles. The zero-order valence-corrected chi connectivity index (χ0v) is 5.34. The fraction of sp³-hybridized carbons (Fsp3) is 0.833. The van der Waals surface area contributed by atoms with Crippen molar-refractivity contribution in [3.05, 3.63) is 0 Å². The number of carbonyl (C=O) groups is 1. The second-order valence-electron chi connectivity index (χ2n) is 2.67. The van der Waals surface area contributed by atoms with Crippen LogP contribution in [0.15, 0.2) is 0 Å². The van der Waals surface area contributed by atoms with Crippen LogP contribution in [-0.2, 0) is 4.79 Å². The second kappa shape index (κ2) is 2.35. The number of primary amides is 1. The molecular formula is C6H12N2O. The molecule has 3 nitrogen and oxygen atoms in total. The molecule has 0 radical (unpaired) electrons. The Morgan fingerprint density at radius 2 is 2.11 bits per heavy atom. The fourth-order valence-electron chi connectivity index (χ4n) is 1.16. The van der Waals surface area contributed by atoms with Crippen LogP contribution in [0.5, 0.6) is 0 Å². The van der Waals surface area contributed by atoms with Crippen molar-refractivity contribution in [2.24, 2.45) is 23.3 Å². The van der Waals surface area contributed by atoms with Crippen LogP contribution in [0.25, 0.3) is 0 Å². The molecule has 0 saturated heterocycles. The molecule has 0 heterocycles. The highest BCUT2D eigenvalue weighted by Gasteiger charge is 2.31. The molecule has 0 bridgehead atoms. The van der Waals surface area contributed by atoms with Gasteiger partial charge in [-0.25, -0.2) is 0 Å². The van der Waals surface area contributed by atoms with Crippen LogP contribution in [0.4, 0.5) is 0 Å². The quantitative estimate of drug-likeness (QED) is 0.524. The summed E-state index contributed by atoms with van der Waals surface area (Å²) in [4.78, 5) is 10.4. The van der Waals surface area contributed by atoms with E-state index >= 15 is 0 Å². The van der Waals surface area contributed by atoms with E-state index in [-0.39, 0.29) is 11.8 Å². The lowest BCUT2D eigenvalue weighted by atomic mass is 9.75. The van der Waals surface area contributed by atoms with Gasteiger partial charge in [-0.1, -0.05) is 0 Å². The van der Waals surface area contributed by atoms with E-state index in [4.69, 9.17) is 11.5 Å². The third kappa shape index (κ3) is 1.21. The molecule has 1 amide bonds. The maximum Gasteiger partial charge on any atom is 0.220 e. The Bertz CT molecular complexity index is 118. The number of hydrogen-bond donors (Lipinski definition) is 2. The minimum absolute atomic E-state index is 0.124. The molecule has 0 unspecified atom stereocenters. The summed E-state index contributed by atoms with van der Waals surface area (Å²) in [6, 6.07) is 0. The van der Waals surface area contributed by atoms with Gasteiger partial charge in [-0.2, -0.15) is 0 Å². The van der Waals surface area contributed by atoms with E-state index < -0.39 is 0 Å². The number of carbonyl (C=O) groups excluding carboxylic acids is 1. The molecule has 9 heavy (non-hydrogen) atoms. The average molecular weight is 128 g/mol. The Kier molecular flexibility index (Phi) is 1.71. The van der Waals surface area contributed by atoms with E-state index in [2.05, 4.69) is 0 Å². The standard InChI is InChI=1S/C6H12N2O/c7-3-4-1-5(2-4)6(8)9/h4-5H,1-3,7H2,(H2,8,9). The predicted octanol–water partition coefficient (Wildman–Crippen LogP) is -0.543. The van der Waals surface area contributed by atoms with Crippen molar-refractivity contribution in [2.45, 2.75) is 12.8 Å². The molecule has 1 fully saturated rings. The molecule has 0 spiro atoms. The van der Waals surface area contributed by atoms with E-state index in [1.54, 1.807) is 0 Å². The predicted molar refractivity (Wildman–Crippen MR) is 34.5 cm³/mol. The van der Waals surface area contributed by atoms with Crippen molar-refractivity contribution < 1.29 is 4.79 Å². The van der Waals surface area contributed by atoms with Gasteiger partial charge in [-0.05, 0) is 25.3 Å². The van der Waals surface area contributed by atoms with Crippen LogP contribution in [0.1, 0.15) is 12.8 Å². The normalized spacial score (nSPS) is 33.4. The molecule has 0 aromatic heterocycles. The van der Waals surface area contributed by atoms with E-state index in [1.165, 1.54) is 0 Å². The van der Waals surface area contributed by atoms with Crippen LogP contribution < -0.4 is 11.5 Å². The Morgan fingerprint density at radius 1 is 1.56 bits per heavy atom. The van der Waals surface area contributed by atoms with Gasteiger partial charge in [0.2, 0.25) is 5.91 Å². The largest absolute Gasteiger partial charge is 0.369 e. The fourth-order valence-corrected chi connectivity index (χ4v) is 1.16. The molecule has 1 rings (SSSR count). The summed E-state index contributed by atoms with van der Waals surface area (Å²) in [7, 11) is 0. The van der Waals surface area contributed by atoms with Gasteiger partial charge < -0.3 is 11.5 Å².